The Morgan fingerprint density at radius 3 is 2.33 bits per heavy atom. The normalized spacial score (nSPS) is 12.5. The molecule has 3 N–H and O–H groups in total. The summed E-state index contributed by atoms with van der Waals surface area (Å²) < 4.78 is 28.9. The number of benzene rings is 2. The number of hydrogen-bond donors (Lipinski definition) is 4. The first-order valence-electron chi connectivity index (χ1n) is 11.5. The van der Waals surface area contributed by atoms with E-state index in [0.29, 0.717) is 18.5 Å². The SMILES string of the molecule is CCCc1csc([C@H](Cc2ccc(N[SH](=O)=O)cc2)NC(=O)[C@H](Cc2ccccc2)NC(=O)OC)n1. The van der Waals surface area contributed by atoms with Crippen LogP contribution in [0.1, 0.15) is 41.2 Å². The number of rotatable bonds is 12. The molecule has 0 fully saturated rings. The Kier molecular flexibility index (Phi) is 10.3. The van der Waals surface area contributed by atoms with Crippen LogP contribution in [0.15, 0.2) is 60.0 Å². The molecule has 2 amide bonds. The Balaban J connectivity index is 1.83. The second-order valence-corrected chi connectivity index (χ2v) is 9.76. The lowest BCUT2D eigenvalue weighted by molar-refractivity contribution is -0.123. The molecule has 3 rings (SSSR count). The number of aromatic nitrogens is 1. The zero-order chi connectivity index (χ0) is 25.9. The highest BCUT2D eigenvalue weighted by Gasteiger charge is 2.26. The number of thiol groups is 1. The molecule has 0 saturated carbocycles. The summed E-state index contributed by atoms with van der Waals surface area (Å²) >= 11 is 1.47. The zero-order valence-electron chi connectivity index (χ0n) is 20.1. The fourth-order valence-corrected chi connectivity index (χ4v) is 4.91. The average molecular weight is 531 g/mol. The molecule has 0 aliphatic rings. The second kappa shape index (κ2) is 13.6. The van der Waals surface area contributed by atoms with Gasteiger partial charge in [-0.25, -0.2) is 18.2 Å². The second-order valence-electron chi connectivity index (χ2n) is 8.14. The molecule has 0 bridgehead atoms. The molecular formula is C25H30N4O5S2. The minimum Gasteiger partial charge on any atom is -0.453 e. The van der Waals surface area contributed by atoms with Crippen LogP contribution in [0.3, 0.4) is 0 Å². The van der Waals surface area contributed by atoms with Crippen LogP contribution in [-0.2, 0) is 39.7 Å². The van der Waals surface area contributed by atoms with Crippen LogP contribution in [0, 0.1) is 0 Å². The number of alkyl carbamates (subject to hydrolysis) is 1. The van der Waals surface area contributed by atoms with Gasteiger partial charge in [-0.1, -0.05) is 55.8 Å². The number of amides is 2. The number of methoxy groups -OCH3 is 1. The highest BCUT2D eigenvalue weighted by atomic mass is 32.2. The van der Waals surface area contributed by atoms with Crippen LogP contribution in [0.25, 0.3) is 0 Å². The standard InChI is InChI=1S/C25H30N4O5S2/c1-3-7-20-16-35-24(26-20)22(15-18-10-12-19(13-11-18)29-36(32)33)27-23(30)21(28-25(31)34-2)14-17-8-5-4-6-9-17/h4-6,8-13,16,21-22,36H,3,7,14-15H2,1-2H3,(H,27,30)(H,28,31)(H,29,32,33)/t21-,22-/m0/s1. The average Bonchev–Trinajstić information content (AvgIpc) is 3.33. The molecule has 3 aromatic rings. The third kappa shape index (κ3) is 8.35. The summed E-state index contributed by atoms with van der Waals surface area (Å²) in [5.74, 6) is -0.358. The van der Waals surface area contributed by atoms with Crippen molar-refractivity contribution in [2.75, 3.05) is 11.8 Å². The molecule has 1 heterocycles. The van der Waals surface area contributed by atoms with E-state index in [1.54, 1.807) is 24.3 Å². The molecule has 2 atom stereocenters. The molecule has 0 radical (unpaired) electrons. The maximum Gasteiger partial charge on any atom is 0.407 e. The highest BCUT2D eigenvalue weighted by molar-refractivity contribution is 7.73. The maximum atomic E-state index is 13.4. The summed E-state index contributed by atoms with van der Waals surface area (Å²) in [4.78, 5) is 30.1. The Morgan fingerprint density at radius 2 is 1.69 bits per heavy atom. The van der Waals surface area contributed by atoms with Crippen molar-refractivity contribution in [1.29, 1.82) is 0 Å². The monoisotopic (exact) mass is 530 g/mol. The molecule has 2 aromatic carbocycles. The molecule has 0 aliphatic heterocycles. The fourth-order valence-electron chi connectivity index (χ4n) is 3.64. The summed E-state index contributed by atoms with van der Waals surface area (Å²) in [5.41, 5.74) is 3.20. The summed E-state index contributed by atoms with van der Waals surface area (Å²) in [7, 11) is -1.50. The maximum absolute atomic E-state index is 13.4. The van der Waals surface area contributed by atoms with Gasteiger partial charge in [-0.3, -0.25) is 9.52 Å². The van der Waals surface area contributed by atoms with Gasteiger partial charge >= 0.3 is 6.09 Å². The quantitative estimate of drug-likeness (QED) is 0.266. The molecular weight excluding hydrogens is 500 g/mol. The van der Waals surface area contributed by atoms with Crippen LogP contribution in [0.5, 0.6) is 0 Å². The van der Waals surface area contributed by atoms with E-state index in [1.165, 1.54) is 18.4 Å². The van der Waals surface area contributed by atoms with Crippen LogP contribution in [0.2, 0.25) is 0 Å². The van der Waals surface area contributed by atoms with Gasteiger partial charge in [0.05, 0.1) is 18.8 Å². The Labute approximate surface area is 216 Å². The summed E-state index contributed by atoms with van der Waals surface area (Å²) in [6.45, 7) is 2.08. The summed E-state index contributed by atoms with van der Waals surface area (Å²) in [6, 6.07) is 15.0. The van der Waals surface area contributed by atoms with Crippen LogP contribution < -0.4 is 15.4 Å². The Hall–Kier alpha value is -3.44. The largest absolute Gasteiger partial charge is 0.453 e. The molecule has 0 saturated heterocycles. The van der Waals surface area contributed by atoms with E-state index in [4.69, 9.17) is 9.72 Å². The minimum absolute atomic E-state index is 0.293. The zero-order valence-corrected chi connectivity index (χ0v) is 21.8. The molecule has 36 heavy (non-hydrogen) atoms. The number of aryl methyl sites for hydroxylation is 1. The lowest BCUT2D eigenvalue weighted by Gasteiger charge is -2.22. The number of nitrogens with zero attached hydrogens (tertiary/aromatic N) is 1. The topological polar surface area (TPSA) is 126 Å². The summed E-state index contributed by atoms with van der Waals surface area (Å²) in [6.07, 6.45) is 1.83. The van der Waals surface area contributed by atoms with Gasteiger partial charge in [0.2, 0.25) is 16.8 Å². The number of thiazole rings is 1. The molecule has 192 valence electrons. The van der Waals surface area contributed by atoms with Gasteiger partial charge in [0.15, 0.2) is 0 Å². The van der Waals surface area contributed by atoms with Gasteiger partial charge < -0.3 is 15.4 Å². The van der Waals surface area contributed by atoms with Crippen molar-refractivity contribution < 1.29 is 22.7 Å². The van der Waals surface area contributed by atoms with Crippen molar-refractivity contribution >= 4 is 39.9 Å². The van der Waals surface area contributed by atoms with Gasteiger partial charge in [-0.05, 0) is 36.1 Å². The van der Waals surface area contributed by atoms with Gasteiger partial charge in [0.1, 0.15) is 11.0 Å². The predicted molar refractivity (Wildman–Crippen MR) is 141 cm³/mol. The molecule has 1 aromatic heterocycles. The number of anilines is 1. The highest BCUT2D eigenvalue weighted by Crippen LogP contribution is 2.24. The van der Waals surface area contributed by atoms with E-state index in [1.807, 2.05) is 35.7 Å². The third-order valence-electron chi connectivity index (χ3n) is 5.38. The smallest absolute Gasteiger partial charge is 0.407 e. The van der Waals surface area contributed by atoms with E-state index in [2.05, 4.69) is 22.3 Å². The van der Waals surface area contributed by atoms with E-state index in [9.17, 15) is 18.0 Å². The Morgan fingerprint density at radius 1 is 1.00 bits per heavy atom. The molecule has 0 spiro atoms. The van der Waals surface area contributed by atoms with Crippen molar-refractivity contribution in [1.82, 2.24) is 15.6 Å². The van der Waals surface area contributed by atoms with Gasteiger partial charge in [-0.2, -0.15) is 0 Å². The van der Waals surface area contributed by atoms with Crippen LogP contribution in [-0.4, -0.2) is 38.6 Å². The first kappa shape index (κ1) is 27.2. The number of carbonyl (C=O) groups is 2. The lowest BCUT2D eigenvalue weighted by Crippen LogP contribution is -2.49. The van der Waals surface area contributed by atoms with E-state index >= 15 is 0 Å². The number of carbonyl (C=O) groups excluding carboxylic acids is 2. The first-order valence-corrected chi connectivity index (χ1v) is 13.6. The van der Waals surface area contributed by atoms with Crippen molar-refractivity contribution in [2.45, 2.75) is 44.7 Å². The fraction of sp³-hybridized carbons (Fsp3) is 0.320. The third-order valence-corrected chi connectivity index (χ3v) is 6.83. The van der Waals surface area contributed by atoms with Gasteiger partial charge in [-0.15, -0.1) is 11.3 Å². The molecule has 9 nitrogen and oxygen atoms in total. The first-order chi connectivity index (χ1) is 17.4. The van der Waals surface area contributed by atoms with Crippen LogP contribution in [0.4, 0.5) is 10.5 Å². The van der Waals surface area contributed by atoms with Crippen molar-refractivity contribution in [3.8, 4) is 0 Å². The molecule has 0 aliphatic carbocycles. The van der Waals surface area contributed by atoms with Gasteiger partial charge in [0.25, 0.3) is 0 Å². The van der Waals surface area contributed by atoms with Crippen LogP contribution >= 0.6 is 11.3 Å². The number of nitrogens with one attached hydrogen (secondary N) is 3. The van der Waals surface area contributed by atoms with Gasteiger partial charge in [0, 0.05) is 17.5 Å². The van der Waals surface area contributed by atoms with E-state index < -0.39 is 29.1 Å². The lowest BCUT2D eigenvalue weighted by atomic mass is 10.0. The van der Waals surface area contributed by atoms with E-state index in [0.717, 1.165) is 34.7 Å². The minimum atomic E-state index is -2.75. The molecule has 11 heteroatoms. The number of hydrogen-bond acceptors (Lipinski definition) is 7. The van der Waals surface area contributed by atoms with Crippen molar-refractivity contribution in [3.05, 3.63) is 81.8 Å². The predicted octanol–water partition coefficient (Wildman–Crippen LogP) is 3.40. The Bertz CT molecular complexity index is 1200. The summed E-state index contributed by atoms with van der Waals surface area (Å²) in [5, 5.41) is 8.44. The number of ether oxygens (including phenoxy) is 1. The van der Waals surface area contributed by atoms with Crippen molar-refractivity contribution in [2.24, 2.45) is 0 Å². The van der Waals surface area contributed by atoms with E-state index in [-0.39, 0.29) is 5.91 Å². The molecule has 0 unspecified atom stereocenters. The van der Waals surface area contributed by atoms with Crippen molar-refractivity contribution in [3.63, 3.8) is 0 Å².